The highest BCUT2D eigenvalue weighted by atomic mass is 35.5. The number of amides is 1. The lowest BCUT2D eigenvalue weighted by Crippen LogP contribution is -2.27. The average Bonchev–Trinajstić information content (AvgIpc) is 3.30. The highest BCUT2D eigenvalue weighted by Crippen LogP contribution is 2.36. The molecule has 2 heterocycles. The molecule has 32 heavy (non-hydrogen) atoms. The maximum absolute atomic E-state index is 12.8. The van der Waals surface area contributed by atoms with Crippen LogP contribution in [-0.4, -0.2) is 21.1 Å². The molecule has 0 radical (unpaired) electrons. The number of carbonyl (C=O) groups excluding carboxylic acids is 1. The molecule has 0 bridgehead atoms. The third-order valence-electron chi connectivity index (χ3n) is 5.88. The molecule has 0 aliphatic heterocycles. The summed E-state index contributed by atoms with van der Waals surface area (Å²) in [4.78, 5) is 17.3. The number of anilines is 1. The van der Waals surface area contributed by atoms with Crippen molar-refractivity contribution in [3.63, 3.8) is 0 Å². The second kappa shape index (κ2) is 8.88. The van der Waals surface area contributed by atoms with E-state index in [1.54, 1.807) is 24.3 Å². The van der Waals surface area contributed by atoms with Gasteiger partial charge in [0, 0.05) is 32.8 Å². The molecule has 8 heteroatoms. The van der Waals surface area contributed by atoms with Gasteiger partial charge < -0.3 is 9.73 Å². The highest BCUT2D eigenvalue weighted by molar-refractivity contribution is 6.31. The van der Waals surface area contributed by atoms with Crippen LogP contribution >= 0.6 is 23.2 Å². The van der Waals surface area contributed by atoms with Gasteiger partial charge in [-0.2, -0.15) is 0 Å². The van der Waals surface area contributed by atoms with Gasteiger partial charge in [0.15, 0.2) is 0 Å². The van der Waals surface area contributed by atoms with E-state index in [1.165, 1.54) is 0 Å². The van der Waals surface area contributed by atoms with Gasteiger partial charge in [0.25, 0.3) is 0 Å². The van der Waals surface area contributed by atoms with Gasteiger partial charge in [0.05, 0.1) is 5.52 Å². The van der Waals surface area contributed by atoms with Gasteiger partial charge in [-0.05, 0) is 80.3 Å². The molecule has 1 saturated carbocycles. The number of pyridine rings is 1. The summed E-state index contributed by atoms with van der Waals surface area (Å²) in [6, 6.07) is 16.5. The van der Waals surface area contributed by atoms with Crippen molar-refractivity contribution in [2.45, 2.75) is 31.6 Å². The molecule has 1 fully saturated rings. The fraction of sp³-hybridized carbons (Fsp3) is 0.250. The Balaban J connectivity index is 1.20. The normalized spacial score (nSPS) is 18.6. The Bertz CT molecular complexity index is 1260. The Hall–Kier alpha value is -2.96. The van der Waals surface area contributed by atoms with Gasteiger partial charge in [0.1, 0.15) is 5.82 Å². The summed E-state index contributed by atoms with van der Waals surface area (Å²) in [6.07, 6.45) is 3.17. The number of rotatable bonds is 4. The Labute approximate surface area is 195 Å². The van der Waals surface area contributed by atoms with Crippen LogP contribution in [0.4, 0.5) is 5.82 Å². The first-order valence-corrected chi connectivity index (χ1v) is 11.3. The molecule has 1 amide bonds. The van der Waals surface area contributed by atoms with E-state index in [2.05, 4.69) is 20.5 Å². The third kappa shape index (κ3) is 4.47. The van der Waals surface area contributed by atoms with Gasteiger partial charge in [-0.25, -0.2) is 4.98 Å². The van der Waals surface area contributed by atoms with Crippen molar-refractivity contribution < 1.29 is 9.21 Å². The summed E-state index contributed by atoms with van der Waals surface area (Å²) in [5.74, 6) is 1.76. The van der Waals surface area contributed by atoms with Crippen molar-refractivity contribution in [3.8, 4) is 11.5 Å². The van der Waals surface area contributed by atoms with E-state index >= 15 is 0 Å². The number of hydrogen-bond donors (Lipinski definition) is 1. The van der Waals surface area contributed by atoms with E-state index in [1.807, 2.05) is 30.3 Å². The quantitative estimate of drug-likeness (QED) is 0.370. The van der Waals surface area contributed by atoms with Crippen molar-refractivity contribution in [2.75, 3.05) is 5.32 Å². The second-order valence-electron chi connectivity index (χ2n) is 8.02. The molecule has 4 aromatic rings. The minimum absolute atomic E-state index is 0.00311. The predicted molar refractivity (Wildman–Crippen MR) is 125 cm³/mol. The molecule has 162 valence electrons. The van der Waals surface area contributed by atoms with E-state index < -0.39 is 0 Å². The molecule has 0 atom stereocenters. The molecule has 2 aromatic heterocycles. The SMILES string of the molecule is O=C(Nc1ccc2cc(Cl)ccc2n1)[C@H]1CC[C@H](c2nnc(-c3ccc(Cl)cc3)o2)CC1. The summed E-state index contributed by atoms with van der Waals surface area (Å²) in [6.45, 7) is 0. The first-order valence-electron chi connectivity index (χ1n) is 10.5. The number of halogens is 2. The molecule has 2 aromatic carbocycles. The first kappa shape index (κ1) is 20.9. The van der Waals surface area contributed by atoms with E-state index in [4.69, 9.17) is 27.6 Å². The molecular weight excluding hydrogens is 447 g/mol. The molecule has 0 unspecified atom stereocenters. The maximum atomic E-state index is 12.8. The Kier molecular flexibility index (Phi) is 5.81. The molecule has 1 aliphatic rings. The summed E-state index contributed by atoms with van der Waals surface area (Å²) in [5.41, 5.74) is 1.63. The van der Waals surface area contributed by atoms with Crippen molar-refractivity contribution >= 4 is 45.8 Å². The van der Waals surface area contributed by atoms with Crippen LogP contribution in [0.5, 0.6) is 0 Å². The van der Waals surface area contributed by atoms with Gasteiger partial charge >= 0.3 is 0 Å². The van der Waals surface area contributed by atoms with Crippen molar-refractivity contribution in [2.24, 2.45) is 5.92 Å². The van der Waals surface area contributed by atoms with Crippen LogP contribution in [-0.2, 0) is 4.79 Å². The highest BCUT2D eigenvalue weighted by Gasteiger charge is 2.30. The summed E-state index contributed by atoms with van der Waals surface area (Å²) >= 11 is 12.0. The standard InChI is InChI=1S/C24H20Cl2N4O2/c25-18-8-5-16(6-9-18)24-30-29-23(32-24)15-3-1-14(2-4-15)22(31)28-21-12-7-17-13-19(26)10-11-20(17)27-21/h5-15H,1-4H2,(H,27,28,31)/t14-,15-. The van der Waals surface area contributed by atoms with Gasteiger partial charge in [-0.3, -0.25) is 4.79 Å². The van der Waals surface area contributed by atoms with E-state index in [0.717, 1.165) is 42.1 Å². The Morgan fingerprint density at radius 3 is 2.44 bits per heavy atom. The molecular formula is C24H20Cl2N4O2. The van der Waals surface area contributed by atoms with E-state index in [-0.39, 0.29) is 17.7 Å². The number of nitrogens with one attached hydrogen (secondary N) is 1. The monoisotopic (exact) mass is 466 g/mol. The lowest BCUT2D eigenvalue weighted by atomic mass is 9.81. The number of carbonyl (C=O) groups is 1. The molecule has 0 saturated heterocycles. The fourth-order valence-electron chi connectivity index (χ4n) is 4.11. The molecule has 1 N–H and O–H groups in total. The minimum atomic E-state index is -0.0624. The van der Waals surface area contributed by atoms with E-state index in [0.29, 0.717) is 27.6 Å². The zero-order chi connectivity index (χ0) is 22.1. The van der Waals surface area contributed by atoms with Gasteiger partial charge in [-0.15, -0.1) is 10.2 Å². The number of fused-ring (bicyclic) bond motifs is 1. The predicted octanol–water partition coefficient (Wildman–Crippen LogP) is 6.50. The number of hydrogen-bond acceptors (Lipinski definition) is 5. The number of benzene rings is 2. The summed E-state index contributed by atoms with van der Waals surface area (Å²) in [7, 11) is 0. The molecule has 1 aliphatic carbocycles. The zero-order valence-corrected chi connectivity index (χ0v) is 18.6. The van der Waals surface area contributed by atoms with Crippen molar-refractivity contribution in [1.29, 1.82) is 0 Å². The smallest absolute Gasteiger partial charge is 0.247 e. The Morgan fingerprint density at radius 1 is 0.906 bits per heavy atom. The third-order valence-corrected chi connectivity index (χ3v) is 6.37. The lowest BCUT2D eigenvalue weighted by molar-refractivity contribution is -0.120. The molecule has 6 nitrogen and oxygen atoms in total. The van der Waals surface area contributed by atoms with Crippen LogP contribution in [0.15, 0.2) is 59.0 Å². The van der Waals surface area contributed by atoms with Gasteiger partial charge in [-0.1, -0.05) is 23.2 Å². The van der Waals surface area contributed by atoms with Crippen LogP contribution in [0.2, 0.25) is 10.0 Å². The first-order chi connectivity index (χ1) is 15.5. The Morgan fingerprint density at radius 2 is 1.66 bits per heavy atom. The average molecular weight is 467 g/mol. The lowest BCUT2D eigenvalue weighted by Gasteiger charge is -2.25. The van der Waals surface area contributed by atoms with E-state index in [9.17, 15) is 4.79 Å². The fourth-order valence-corrected chi connectivity index (χ4v) is 4.41. The van der Waals surface area contributed by atoms with Crippen LogP contribution in [0.25, 0.3) is 22.4 Å². The molecule has 0 spiro atoms. The van der Waals surface area contributed by atoms with Crippen molar-refractivity contribution in [3.05, 3.63) is 70.5 Å². The van der Waals surface area contributed by atoms with Crippen LogP contribution < -0.4 is 5.32 Å². The van der Waals surface area contributed by atoms with Gasteiger partial charge in [0.2, 0.25) is 17.7 Å². The van der Waals surface area contributed by atoms with Crippen LogP contribution in [0.1, 0.15) is 37.5 Å². The number of nitrogens with zero attached hydrogens (tertiary/aromatic N) is 3. The second-order valence-corrected chi connectivity index (χ2v) is 8.90. The minimum Gasteiger partial charge on any atom is -0.420 e. The maximum Gasteiger partial charge on any atom is 0.247 e. The zero-order valence-electron chi connectivity index (χ0n) is 17.1. The van der Waals surface area contributed by atoms with Crippen molar-refractivity contribution in [1.82, 2.24) is 15.2 Å². The largest absolute Gasteiger partial charge is 0.420 e. The summed E-state index contributed by atoms with van der Waals surface area (Å²) in [5, 5.41) is 13.6. The summed E-state index contributed by atoms with van der Waals surface area (Å²) < 4.78 is 5.90. The molecule has 5 rings (SSSR count). The van der Waals surface area contributed by atoms with Crippen LogP contribution in [0, 0.1) is 5.92 Å². The van der Waals surface area contributed by atoms with Crippen LogP contribution in [0.3, 0.4) is 0 Å². The topological polar surface area (TPSA) is 80.9 Å². The number of aromatic nitrogens is 3.